The summed E-state index contributed by atoms with van der Waals surface area (Å²) in [6, 6.07) is -0.858. The summed E-state index contributed by atoms with van der Waals surface area (Å²) < 4.78 is 7.65. The van der Waals surface area contributed by atoms with E-state index in [0.717, 1.165) is 5.56 Å². The number of imidazole rings is 1. The van der Waals surface area contributed by atoms with Crippen LogP contribution in [0.25, 0.3) is 22.6 Å². The van der Waals surface area contributed by atoms with E-state index in [0.29, 0.717) is 48.3 Å². The molecule has 32 heavy (non-hydrogen) atoms. The highest BCUT2D eigenvalue weighted by Crippen LogP contribution is 2.26. The lowest BCUT2D eigenvalue weighted by molar-refractivity contribution is -0.144. The van der Waals surface area contributed by atoms with Crippen LogP contribution in [0, 0.1) is 6.92 Å². The largest absolute Gasteiger partial charge is 0.394 e. The van der Waals surface area contributed by atoms with Crippen LogP contribution in [0.3, 0.4) is 0 Å². The van der Waals surface area contributed by atoms with Crippen molar-refractivity contribution in [3.05, 3.63) is 24.5 Å². The highest BCUT2D eigenvalue weighted by Gasteiger charge is 2.31. The number of aromatic nitrogens is 6. The fourth-order valence-electron chi connectivity index (χ4n) is 4.00. The first-order valence-corrected chi connectivity index (χ1v) is 10.7. The SMILES string of the molecule is CCn1c(-c2cnc(C)nc2)nc2c(NC(CO)C(=O)N3CC(C)OC(C)C3)ncnc21. The topological polar surface area (TPSA) is 131 Å². The molecule has 170 valence electrons. The Morgan fingerprint density at radius 3 is 2.53 bits per heavy atom. The molecule has 3 atom stereocenters. The van der Waals surface area contributed by atoms with Crippen molar-refractivity contribution in [2.24, 2.45) is 0 Å². The van der Waals surface area contributed by atoms with Gasteiger partial charge in [0.05, 0.1) is 24.4 Å². The van der Waals surface area contributed by atoms with E-state index in [4.69, 9.17) is 9.72 Å². The van der Waals surface area contributed by atoms with Crippen molar-refractivity contribution in [2.45, 2.75) is 52.5 Å². The minimum absolute atomic E-state index is 0.0626. The zero-order valence-electron chi connectivity index (χ0n) is 18.7. The molecule has 2 N–H and O–H groups in total. The maximum absolute atomic E-state index is 13.1. The van der Waals surface area contributed by atoms with Crippen LogP contribution in [0.2, 0.25) is 0 Å². The monoisotopic (exact) mass is 440 g/mol. The fraction of sp³-hybridized carbons (Fsp3) is 0.524. The van der Waals surface area contributed by atoms with E-state index in [2.05, 4.69) is 25.3 Å². The molecule has 3 aromatic rings. The van der Waals surface area contributed by atoms with E-state index in [1.54, 1.807) is 17.3 Å². The summed E-state index contributed by atoms with van der Waals surface area (Å²) in [6.07, 6.45) is 4.74. The Labute approximate surface area is 185 Å². The number of aliphatic hydroxyl groups excluding tert-OH is 1. The molecule has 11 nitrogen and oxygen atoms in total. The maximum atomic E-state index is 13.1. The van der Waals surface area contributed by atoms with Gasteiger partial charge in [0.25, 0.3) is 0 Å². The number of aliphatic hydroxyl groups is 1. The van der Waals surface area contributed by atoms with Crippen molar-refractivity contribution < 1.29 is 14.6 Å². The Hall–Kier alpha value is -3.18. The molecule has 1 amide bonds. The molecule has 0 bridgehead atoms. The number of hydrogen-bond donors (Lipinski definition) is 2. The Morgan fingerprint density at radius 2 is 1.91 bits per heavy atom. The Morgan fingerprint density at radius 1 is 1.22 bits per heavy atom. The molecule has 0 aromatic carbocycles. The molecule has 11 heteroatoms. The van der Waals surface area contributed by atoms with E-state index in [1.165, 1.54) is 6.33 Å². The Kier molecular flexibility index (Phi) is 6.28. The maximum Gasteiger partial charge on any atom is 0.247 e. The van der Waals surface area contributed by atoms with Gasteiger partial charge < -0.3 is 24.6 Å². The molecule has 1 fully saturated rings. The average Bonchev–Trinajstić information content (AvgIpc) is 3.16. The number of fused-ring (bicyclic) bond motifs is 1. The summed E-state index contributed by atoms with van der Waals surface area (Å²) in [5, 5.41) is 13.1. The van der Waals surface area contributed by atoms with Crippen LogP contribution in [0.15, 0.2) is 18.7 Å². The smallest absolute Gasteiger partial charge is 0.247 e. The second-order valence-corrected chi connectivity index (χ2v) is 7.97. The summed E-state index contributed by atoms with van der Waals surface area (Å²) in [4.78, 5) is 36.8. The Balaban J connectivity index is 1.66. The van der Waals surface area contributed by atoms with Crippen molar-refractivity contribution in [3.63, 3.8) is 0 Å². The number of nitrogens with one attached hydrogen (secondary N) is 1. The normalized spacial score (nSPS) is 19.8. The molecule has 1 saturated heterocycles. The van der Waals surface area contributed by atoms with Gasteiger partial charge in [0.2, 0.25) is 5.91 Å². The fourth-order valence-corrected chi connectivity index (χ4v) is 4.00. The summed E-state index contributed by atoms with van der Waals surface area (Å²) in [6.45, 7) is 8.88. The number of hydrogen-bond acceptors (Lipinski definition) is 9. The molecule has 0 saturated carbocycles. The van der Waals surface area contributed by atoms with E-state index in [1.807, 2.05) is 32.3 Å². The number of amides is 1. The van der Waals surface area contributed by atoms with Crippen LogP contribution >= 0.6 is 0 Å². The van der Waals surface area contributed by atoms with Crippen LogP contribution in [0.1, 0.15) is 26.6 Å². The number of anilines is 1. The molecule has 1 aliphatic heterocycles. The van der Waals surface area contributed by atoms with Gasteiger partial charge in [-0.15, -0.1) is 0 Å². The third-order valence-electron chi connectivity index (χ3n) is 5.41. The minimum atomic E-state index is -0.858. The summed E-state index contributed by atoms with van der Waals surface area (Å²) >= 11 is 0. The standard InChI is InChI=1S/C21H28N8O3/c1-5-29-19(15-6-22-14(4)23-7-15)27-17-18(24-11-25-20(17)29)26-16(10-30)21(31)28-8-12(2)32-13(3)9-28/h6-7,11-13,16,30H,5,8-10H2,1-4H3,(H,24,25,26). The van der Waals surface area contributed by atoms with Gasteiger partial charge in [-0.2, -0.15) is 0 Å². The number of carbonyl (C=O) groups excluding carboxylic acids is 1. The van der Waals surface area contributed by atoms with E-state index >= 15 is 0 Å². The van der Waals surface area contributed by atoms with Gasteiger partial charge in [-0.1, -0.05) is 0 Å². The van der Waals surface area contributed by atoms with Crippen LogP contribution in [0.4, 0.5) is 5.82 Å². The van der Waals surface area contributed by atoms with Gasteiger partial charge >= 0.3 is 0 Å². The first kappa shape index (κ1) is 22.0. The molecule has 0 aliphatic carbocycles. The van der Waals surface area contributed by atoms with Gasteiger partial charge in [0.1, 0.15) is 24.0 Å². The lowest BCUT2D eigenvalue weighted by atomic mass is 10.2. The second-order valence-electron chi connectivity index (χ2n) is 7.97. The predicted octanol–water partition coefficient (Wildman–Crippen LogP) is 1.02. The first-order chi connectivity index (χ1) is 15.4. The molecule has 3 aromatic heterocycles. The molecular formula is C21H28N8O3. The molecule has 4 rings (SSSR count). The molecule has 0 radical (unpaired) electrons. The van der Waals surface area contributed by atoms with Gasteiger partial charge in [-0.25, -0.2) is 24.9 Å². The minimum Gasteiger partial charge on any atom is -0.394 e. The lowest BCUT2D eigenvalue weighted by Crippen LogP contribution is -2.53. The summed E-state index contributed by atoms with van der Waals surface area (Å²) in [5.74, 6) is 1.52. The van der Waals surface area contributed by atoms with Crippen LogP contribution in [-0.4, -0.2) is 83.3 Å². The van der Waals surface area contributed by atoms with Crippen molar-refractivity contribution in [1.82, 2.24) is 34.4 Å². The van der Waals surface area contributed by atoms with Crippen molar-refractivity contribution in [3.8, 4) is 11.4 Å². The van der Waals surface area contributed by atoms with Crippen LogP contribution in [0.5, 0.6) is 0 Å². The Bertz CT molecular complexity index is 1090. The third kappa shape index (κ3) is 4.26. The second kappa shape index (κ2) is 9.13. The highest BCUT2D eigenvalue weighted by molar-refractivity contribution is 5.90. The quantitative estimate of drug-likeness (QED) is 0.577. The molecule has 3 unspecified atom stereocenters. The number of morpholine rings is 1. The highest BCUT2D eigenvalue weighted by atomic mass is 16.5. The van der Waals surface area contributed by atoms with Crippen LogP contribution in [-0.2, 0) is 16.1 Å². The van der Waals surface area contributed by atoms with Gasteiger partial charge in [-0.05, 0) is 27.7 Å². The lowest BCUT2D eigenvalue weighted by Gasteiger charge is -2.37. The number of carbonyl (C=O) groups is 1. The van der Waals surface area contributed by atoms with Crippen molar-refractivity contribution in [2.75, 3.05) is 25.0 Å². The number of aryl methyl sites for hydroxylation is 2. The zero-order chi connectivity index (χ0) is 22.8. The van der Waals surface area contributed by atoms with E-state index in [9.17, 15) is 9.90 Å². The van der Waals surface area contributed by atoms with Crippen LogP contribution < -0.4 is 5.32 Å². The predicted molar refractivity (Wildman–Crippen MR) is 118 cm³/mol. The third-order valence-corrected chi connectivity index (χ3v) is 5.41. The summed E-state index contributed by atoms with van der Waals surface area (Å²) in [5.41, 5.74) is 1.89. The van der Waals surface area contributed by atoms with E-state index in [-0.39, 0.29) is 24.7 Å². The number of nitrogens with zero attached hydrogens (tertiary/aromatic N) is 7. The molecule has 4 heterocycles. The van der Waals surface area contributed by atoms with Crippen molar-refractivity contribution >= 4 is 22.9 Å². The van der Waals surface area contributed by atoms with Crippen molar-refractivity contribution in [1.29, 1.82) is 0 Å². The average molecular weight is 441 g/mol. The van der Waals surface area contributed by atoms with E-state index < -0.39 is 6.04 Å². The van der Waals surface area contributed by atoms with Gasteiger partial charge in [0.15, 0.2) is 17.0 Å². The first-order valence-electron chi connectivity index (χ1n) is 10.7. The van der Waals surface area contributed by atoms with Gasteiger partial charge in [-0.3, -0.25) is 4.79 Å². The van der Waals surface area contributed by atoms with Gasteiger partial charge in [0, 0.05) is 32.0 Å². The molecule has 0 spiro atoms. The zero-order valence-corrected chi connectivity index (χ0v) is 18.7. The molecule has 1 aliphatic rings. The summed E-state index contributed by atoms with van der Waals surface area (Å²) in [7, 11) is 0. The number of rotatable bonds is 6. The molecular weight excluding hydrogens is 412 g/mol. The number of ether oxygens (including phenoxy) is 1.